The molecule has 0 saturated heterocycles. The zero-order valence-electron chi connectivity index (χ0n) is 17.0. The van der Waals surface area contributed by atoms with Gasteiger partial charge in [0, 0.05) is 23.9 Å². The van der Waals surface area contributed by atoms with Gasteiger partial charge in [0.25, 0.3) is 5.91 Å². The maximum atomic E-state index is 12.0. The quantitative estimate of drug-likeness (QED) is 0.206. The zero-order valence-corrected chi connectivity index (χ0v) is 19.4. The first-order valence-corrected chi connectivity index (χ1v) is 9.23. The maximum Gasteiger partial charge on any atom is 0.251 e. The Kier molecular flexibility index (Phi) is 10.9. The van der Waals surface area contributed by atoms with Crippen LogP contribution in [0.5, 0.6) is 11.5 Å². The number of hydrogen-bond acceptors (Lipinski definition) is 4. The minimum Gasteiger partial charge on any atom is -0.493 e. The van der Waals surface area contributed by atoms with Crippen molar-refractivity contribution in [1.29, 1.82) is 0 Å². The lowest BCUT2D eigenvalue weighted by Gasteiger charge is -2.11. The summed E-state index contributed by atoms with van der Waals surface area (Å²) in [5.41, 5.74) is 8.31. The first-order chi connectivity index (χ1) is 13.6. The van der Waals surface area contributed by atoms with E-state index in [4.69, 9.17) is 15.2 Å². The van der Waals surface area contributed by atoms with Gasteiger partial charge < -0.3 is 25.8 Å². The molecule has 7 nitrogen and oxygen atoms in total. The Bertz CT molecular complexity index is 810. The van der Waals surface area contributed by atoms with Crippen LogP contribution in [0.25, 0.3) is 0 Å². The van der Waals surface area contributed by atoms with Crippen LogP contribution in [0.2, 0.25) is 0 Å². The molecule has 0 aromatic heterocycles. The second kappa shape index (κ2) is 12.9. The van der Waals surface area contributed by atoms with E-state index in [-0.39, 0.29) is 35.8 Å². The molecule has 0 radical (unpaired) electrons. The van der Waals surface area contributed by atoms with Crippen LogP contribution in [0.15, 0.2) is 47.5 Å². The average Bonchev–Trinajstić information content (AvgIpc) is 2.72. The Morgan fingerprint density at radius 2 is 1.76 bits per heavy atom. The number of aliphatic imine (C=N–C) groups is 1. The predicted molar refractivity (Wildman–Crippen MR) is 128 cm³/mol. The van der Waals surface area contributed by atoms with Gasteiger partial charge >= 0.3 is 0 Å². The zero-order chi connectivity index (χ0) is 20.4. The number of unbranched alkanes of at least 4 members (excludes halogenated alkanes) is 1. The van der Waals surface area contributed by atoms with Gasteiger partial charge in [0.1, 0.15) is 0 Å². The van der Waals surface area contributed by atoms with E-state index in [1.54, 1.807) is 38.5 Å². The van der Waals surface area contributed by atoms with Crippen LogP contribution in [-0.2, 0) is 6.54 Å². The van der Waals surface area contributed by atoms with Gasteiger partial charge in [0.15, 0.2) is 17.5 Å². The number of halogens is 1. The molecule has 0 atom stereocenters. The Morgan fingerprint density at radius 1 is 1.07 bits per heavy atom. The van der Waals surface area contributed by atoms with Gasteiger partial charge in [-0.25, -0.2) is 4.99 Å². The number of methoxy groups -OCH3 is 2. The average molecular weight is 512 g/mol. The second-order valence-corrected chi connectivity index (χ2v) is 6.20. The van der Waals surface area contributed by atoms with E-state index in [9.17, 15) is 4.79 Å². The Morgan fingerprint density at radius 3 is 2.38 bits per heavy atom. The Balaban J connectivity index is 0.00000420. The van der Waals surface area contributed by atoms with Crippen LogP contribution in [-0.4, -0.2) is 32.6 Å². The first kappa shape index (κ1) is 24.5. The molecule has 0 aliphatic carbocycles. The minimum absolute atomic E-state index is 0. The highest BCUT2D eigenvalue weighted by Crippen LogP contribution is 2.29. The highest BCUT2D eigenvalue weighted by atomic mass is 127. The monoisotopic (exact) mass is 512 g/mol. The van der Waals surface area contributed by atoms with Crippen LogP contribution in [0.3, 0.4) is 0 Å². The van der Waals surface area contributed by atoms with Crippen molar-refractivity contribution >= 4 is 41.5 Å². The number of hydrogen-bond donors (Lipinski definition) is 3. The van der Waals surface area contributed by atoms with Crippen molar-refractivity contribution in [2.45, 2.75) is 26.3 Å². The van der Waals surface area contributed by atoms with Crippen LogP contribution in [0.1, 0.15) is 35.7 Å². The standard InChI is InChI=1S/C21H28N4O3.HI/c1-4-5-12-23-20(26)16-8-6-15(7-9-16)14-24-21(22)25-17-10-11-18(27-2)19(13-17)28-3;/h6-11,13H,4-5,12,14H2,1-3H3,(H,23,26)(H3,22,24,25);1H. The smallest absolute Gasteiger partial charge is 0.251 e. The van der Waals surface area contributed by atoms with E-state index >= 15 is 0 Å². The highest BCUT2D eigenvalue weighted by molar-refractivity contribution is 14.0. The largest absolute Gasteiger partial charge is 0.493 e. The summed E-state index contributed by atoms with van der Waals surface area (Å²) in [6, 6.07) is 12.7. The summed E-state index contributed by atoms with van der Waals surface area (Å²) in [5, 5.41) is 5.92. The number of benzene rings is 2. The molecule has 0 unspecified atom stereocenters. The SMILES string of the molecule is CCCCNC(=O)c1ccc(CN=C(N)Nc2ccc(OC)c(OC)c2)cc1.I. The third-order valence-electron chi connectivity index (χ3n) is 4.12. The summed E-state index contributed by atoms with van der Waals surface area (Å²) >= 11 is 0. The summed E-state index contributed by atoms with van der Waals surface area (Å²) < 4.78 is 10.5. The molecule has 0 aliphatic rings. The van der Waals surface area contributed by atoms with E-state index in [0.29, 0.717) is 30.2 Å². The number of amides is 1. The van der Waals surface area contributed by atoms with Crippen LogP contribution >= 0.6 is 24.0 Å². The van der Waals surface area contributed by atoms with Crippen LogP contribution < -0.4 is 25.8 Å². The molecule has 8 heteroatoms. The number of rotatable bonds is 9. The number of carbonyl (C=O) groups excluding carboxylic acids is 1. The van der Waals surface area contributed by atoms with Crippen molar-refractivity contribution in [3.63, 3.8) is 0 Å². The van der Waals surface area contributed by atoms with E-state index in [1.165, 1.54) is 0 Å². The third kappa shape index (κ3) is 7.80. The summed E-state index contributed by atoms with van der Waals surface area (Å²) in [6.07, 6.45) is 2.03. The molecule has 158 valence electrons. The van der Waals surface area contributed by atoms with Crippen molar-refractivity contribution in [1.82, 2.24) is 5.32 Å². The molecule has 2 aromatic rings. The van der Waals surface area contributed by atoms with Crippen molar-refractivity contribution < 1.29 is 14.3 Å². The molecule has 2 aromatic carbocycles. The lowest BCUT2D eigenvalue weighted by molar-refractivity contribution is 0.0953. The van der Waals surface area contributed by atoms with E-state index in [1.807, 2.05) is 18.2 Å². The molecule has 0 heterocycles. The predicted octanol–water partition coefficient (Wildman–Crippen LogP) is 3.78. The number of anilines is 1. The molecular formula is C21H29IN4O3. The number of ether oxygens (including phenoxy) is 2. The van der Waals surface area contributed by atoms with Crippen molar-refractivity contribution in [2.75, 3.05) is 26.1 Å². The first-order valence-electron chi connectivity index (χ1n) is 9.23. The number of nitrogens with zero attached hydrogens (tertiary/aromatic N) is 1. The van der Waals surface area contributed by atoms with Gasteiger partial charge in [0.05, 0.1) is 20.8 Å². The number of nitrogens with two attached hydrogens (primary N) is 1. The molecule has 2 rings (SSSR count). The van der Waals surface area contributed by atoms with Gasteiger partial charge in [0.2, 0.25) is 0 Å². The van der Waals surface area contributed by atoms with Gasteiger partial charge in [-0.3, -0.25) is 4.79 Å². The lowest BCUT2D eigenvalue weighted by Crippen LogP contribution is -2.24. The summed E-state index contributed by atoms with van der Waals surface area (Å²) in [4.78, 5) is 16.3. The lowest BCUT2D eigenvalue weighted by atomic mass is 10.1. The molecule has 4 N–H and O–H groups in total. The second-order valence-electron chi connectivity index (χ2n) is 6.20. The molecule has 0 spiro atoms. The van der Waals surface area contributed by atoms with Gasteiger partial charge in [-0.15, -0.1) is 24.0 Å². The van der Waals surface area contributed by atoms with E-state index in [2.05, 4.69) is 22.5 Å². The number of nitrogens with one attached hydrogen (secondary N) is 2. The molecule has 0 fully saturated rings. The summed E-state index contributed by atoms with van der Waals surface area (Å²) in [6.45, 7) is 3.19. The van der Waals surface area contributed by atoms with E-state index < -0.39 is 0 Å². The van der Waals surface area contributed by atoms with Gasteiger partial charge in [-0.2, -0.15) is 0 Å². The molecule has 0 aliphatic heterocycles. The van der Waals surface area contributed by atoms with E-state index in [0.717, 1.165) is 24.1 Å². The Hall–Kier alpha value is -2.49. The summed E-state index contributed by atoms with van der Waals surface area (Å²) in [5.74, 6) is 1.47. The fraction of sp³-hybridized carbons (Fsp3) is 0.333. The van der Waals surface area contributed by atoms with Crippen LogP contribution in [0.4, 0.5) is 5.69 Å². The normalized spacial score (nSPS) is 10.7. The molecule has 0 bridgehead atoms. The minimum atomic E-state index is -0.0573. The van der Waals surface area contributed by atoms with Gasteiger partial charge in [-0.05, 0) is 36.2 Å². The van der Waals surface area contributed by atoms with Crippen molar-refractivity contribution in [2.24, 2.45) is 10.7 Å². The fourth-order valence-electron chi connectivity index (χ4n) is 2.52. The fourth-order valence-corrected chi connectivity index (χ4v) is 2.52. The maximum absolute atomic E-state index is 12.0. The van der Waals surface area contributed by atoms with Crippen molar-refractivity contribution in [3.05, 3.63) is 53.6 Å². The van der Waals surface area contributed by atoms with Gasteiger partial charge in [-0.1, -0.05) is 25.5 Å². The van der Waals surface area contributed by atoms with Crippen molar-refractivity contribution in [3.8, 4) is 11.5 Å². The molecular weight excluding hydrogens is 483 g/mol. The third-order valence-corrected chi connectivity index (χ3v) is 4.12. The number of guanidine groups is 1. The Labute approximate surface area is 189 Å². The highest BCUT2D eigenvalue weighted by Gasteiger charge is 2.06. The molecule has 0 saturated carbocycles. The number of carbonyl (C=O) groups is 1. The van der Waals surface area contributed by atoms with Crippen LogP contribution in [0, 0.1) is 0 Å². The molecule has 1 amide bonds. The summed E-state index contributed by atoms with van der Waals surface area (Å²) in [7, 11) is 3.16. The topological polar surface area (TPSA) is 98.0 Å². The molecule has 29 heavy (non-hydrogen) atoms.